The molecule has 0 bridgehead atoms. The summed E-state index contributed by atoms with van der Waals surface area (Å²) in [5.74, 6) is 0.860. The van der Waals surface area contributed by atoms with Crippen molar-refractivity contribution >= 4 is 10.9 Å². The van der Waals surface area contributed by atoms with Gasteiger partial charge in [-0.1, -0.05) is 30.3 Å². The smallest absolute Gasteiger partial charge is 0.332 e. The van der Waals surface area contributed by atoms with E-state index in [0.29, 0.717) is 18.7 Å². The lowest BCUT2D eigenvalue weighted by molar-refractivity contribution is 0.307. The van der Waals surface area contributed by atoms with Gasteiger partial charge in [0.2, 0.25) is 5.88 Å². The van der Waals surface area contributed by atoms with Crippen LogP contribution < -0.4 is 10.4 Å². The van der Waals surface area contributed by atoms with Gasteiger partial charge < -0.3 is 19.7 Å². The number of hydrogen-bond donors (Lipinski definition) is 2. The zero-order valence-electron chi connectivity index (χ0n) is 18.8. The third-order valence-corrected chi connectivity index (χ3v) is 7.23. The van der Waals surface area contributed by atoms with E-state index in [4.69, 9.17) is 4.74 Å². The van der Waals surface area contributed by atoms with Crippen molar-refractivity contribution in [1.82, 2.24) is 19.0 Å². The summed E-state index contributed by atoms with van der Waals surface area (Å²) < 4.78 is 8.68. The van der Waals surface area contributed by atoms with Crippen LogP contribution in [0.15, 0.2) is 53.3 Å². The molecule has 1 fully saturated rings. The van der Waals surface area contributed by atoms with Crippen LogP contribution in [0.25, 0.3) is 10.9 Å². The van der Waals surface area contributed by atoms with Crippen LogP contribution in [0.3, 0.4) is 0 Å². The van der Waals surface area contributed by atoms with Gasteiger partial charge in [-0.15, -0.1) is 0 Å². The number of fused-ring (bicyclic) bond motifs is 4. The molecule has 1 atom stereocenters. The number of para-hydroxylation sites is 1. The monoisotopic (exact) mass is 444 g/mol. The van der Waals surface area contributed by atoms with Crippen LogP contribution in [0.2, 0.25) is 0 Å². The number of hydrogen-bond acceptors (Lipinski definition) is 4. The number of likely N-dealkylation sites (tertiary alicyclic amines) is 1. The molecule has 0 unspecified atom stereocenters. The minimum Gasteiger partial charge on any atom is -0.497 e. The van der Waals surface area contributed by atoms with E-state index in [0.717, 1.165) is 53.1 Å². The summed E-state index contributed by atoms with van der Waals surface area (Å²) in [6, 6.07) is 15.7. The summed E-state index contributed by atoms with van der Waals surface area (Å²) in [5, 5.41) is 12.3. The molecule has 2 aromatic carbocycles. The van der Waals surface area contributed by atoms with Crippen molar-refractivity contribution < 1.29 is 9.84 Å². The van der Waals surface area contributed by atoms with Gasteiger partial charge in [0.1, 0.15) is 11.8 Å². The number of nitrogens with one attached hydrogen (secondary N) is 1. The lowest BCUT2D eigenvalue weighted by Crippen LogP contribution is -2.34. The van der Waals surface area contributed by atoms with E-state index < -0.39 is 0 Å². The van der Waals surface area contributed by atoms with E-state index in [1.807, 2.05) is 36.4 Å². The molecule has 7 heteroatoms. The highest BCUT2D eigenvalue weighted by Gasteiger charge is 2.35. The van der Waals surface area contributed by atoms with Gasteiger partial charge in [-0.25, -0.2) is 4.79 Å². The number of benzene rings is 2. The maximum Gasteiger partial charge on any atom is 0.332 e. The van der Waals surface area contributed by atoms with Crippen molar-refractivity contribution in [2.75, 3.05) is 26.7 Å². The number of aromatic hydroxyl groups is 1. The summed E-state index contributed by atoms with van der Waals surface area (Å²) in [4.78, 5) is 19.6. The molecule has 6 rings (SSSR count). The van der Waals surface area contributed by atoms with E-state index in [1.165, 1.54) is 12.8 Å². The van der Waals surface area contributed by atoms with Crippen LogP contribution in [0, 0.1) is 0 Å². The lowest BCUT2D eigenvalue weighted by Gasteiger charge is -2.26. The van der Waals surface area contributed by atoms with Gasteiger partial charge in [0.05, 0.1) is 12.8 Å². The van der Waals surface area contributed by atoms with Crippen molar-refractivity contribution in [3.63, 3.8) is 0 Å². The molecule has 0 aliphatic carbocycles. The number of ether oxygens (including phenoxy) is 1. The Morgan fingerprint density at radius 2 is 1.82 bits per heavy atom. The van der Waals surface area contributed by atoms with Crippen LogP contribution in [0.1, 0.15) is 41.4 Å². The Balaban J connectivity index is 1.50. The predicted octanol–water partition coefficient (Wildman–Crippen LogP) is 3.48. The van der Waals surface area contributed by atoms with Crippen molar-refractivity contribution in [1.29, 1.82) is 0 Å². The average molecular weight is 445 g/mol. The molecule has 2 aliphatic rings. The summed E-state index contributed by atoms with van der Waals surface area (Å²) >= 11 is 0. The molecule has 0 spiro atoms. The lowest BCUT2D eigenvalue weighted by atomic mass is 9.93. The molecule has 2 aliphatic heterocycles. The molecular weight excluding hydrogens is 416 g/mol. The van der Waals surface area contributed by atoms with E-state index in [-0.39, 0.29) is 17.6 Å². The number of methoxy groups -OCH3 is 1. The fourth-order valence-electron chi connectivity index (χ4n) is 5.52. The number of nitrogens with zero attached hydrogens (tertiary/aromatic N) is 3. The summed E-state index contributed by atoms with van der Waals surface area (Å²) in [6.07, 6.45) is 2.92. The van der Waals surface area contributed by atoms with E-state index in [2.05, 4.69) is 22.0 Å². The normalized spacial score (nSPS) is 17.9. The molecule has 33 heavy (non-hydrogen) atoms. The maximum absolute atomic E-state index is 13.7. The van der Waals surface area contributed by atoms with Crippen molar-refractivity contribution in [2.45, 2.75) is 31.8 Å². The van der Waals surface area contributed by atoms with Gasteiger partial charge in [-0.3, -0.25) is 9.13 Å². The fraction of sp³-hybridized carbons (Fsp3) is 0.346. The molecule has 0 amide bonds. The molecule has 4 heterocycles. The zero-order valence-corrected chi connectivity index (χ0v) is 18.8. The molecule has 1 saturated heterocycles. The number of imidazole rings is 1. The van der Waals surface area contributed by atoms with Gasteiger partial charge in [0.25, 0.3) is 0 Å². The molecule has 0 radical (unpaired) electrons. The Hall–Kier alpha value is -3.45. The first-order valence-corrected chi connectivity index (χ1v) is 11.6. The van der Waals surface area contributed by atoms with Crippen LogP contribution in [0.5, 0.6) is 11.6 Å². The molecule has 2 aromatic heterocycles. The largest absolute Gasteiger partial charge is 0.497 e. The SMILES string of the molecule is COc1ccc([C@H]2c3[nH]c4ccccc4c3Cc3c(O)n(CCN4CCCC4)c(=O)n32)cc1. The Morgan fingerprint density at radius 3 is 2.58 bits per heavy atom. The standard InChI is InChI=1S/C26H28N4O3/c1-33-18-10-8-17(9-11-18)24-23-20(19-6-2-3-7-21(19)27-23)16-22-25(31)29(26(32)30(22)24)15-14-28-12-4-5-13-28/h2-3,6-11,24,27,31H,4-5,12-16H2,1H3/t24-/m0/s1. The second kappa shape index (κ2) is 7.85. The minimum atomic E-state index is -0.339. The highest BCUT2D eigenvalue weighted by atomic mass is 16.5. The number of aromatic amines is 1. The Morgan fingerprint density at radius 1 is 1.06 bits per heavy atom. The molecule has 4 aromatic rings. The second-order valence-corrected chi connectivity index (χ2v) is 9.04. The minimum absolute atomic E-state index is 0.0913. The van der Waals surface area contributed by atoms with Gasteiger partial charge >= 0.3 is 5.69 Å². The highest BCUT2D eigenvalue weighted by Crippen LogP contribution is 2.41. The number of rotatable bonds is 5. The average Bonchev–Trinajstić information content (AvgIpc) is 3.55. The summed E-state index contributed by atoms with van der Waals surface area (Å²) in [7, 11) is 1.65. The quantitative estimate of drug-likeness (QED) is 0.435. The predicted molar refractivity (Wildman–Crippen MR) is 127 cm³/mol. The third kappa shape index (κ3) is 3.18. The van der Waals surface area contributed by atoms with Crippen molar-refractivity contribution in [3.8, 4) is 11.6 Å². The molecular formula is C26H28N4O3. The topological polar surface area (TPSA) is 75.4 Å². The number of H-pyrrole nitrogens is 1. The first-order chi connectivity index (χ1) is 16.2. The van der Waals surface area contributed by atoms with Gasteiger partial charge in [-0.05, 0) is 55.3 Å². The van der Waals surface area contributed by atoms with Gasteiger partial charge in [-0.2, -0.15) is 0 Å². The molecule has 2 N–H and O–H groups in total. The second-order valence-electron chi connectivity index (χ2n) is 9.04. The first kappa shape index (κ1) is 20.2. The van der Waals surface area contributed by atoms with E-state index >= 15 is 0 Å². The zero-order chi connectivity index (χ0) is 22.5. The third-order valence-electron chi connectivity index (χ3n) is 7.23. The van der Waals surface area contributed by atoms with Crippen molar-refractivity contribution in [3.05, 3.63) is 81.5 Å². The Kier molecular flexibility index (Phi) is 4.80. The van der Waals surface area contributed by atoms with E-state index in [9.17, 15) is 9.90 Å². The van der Waals surface area contributed by atoms with Crippen LogP contribution >= 0.6 is 0 Å². The molecule has 0 saturated carbocycles. The summed E-state index contributed by atoms with van der Waals surface area (Å²) in [5.41, 5.74) is 4.68. The Bertz CT molecular complexity index is 1370. The number of aromatic nitrogens is 3. The summed E-state index contributed by atoms with van der Waals surface area (Å²) in [6.45, 7) is 3.40. The maximum atomic E-state index is 13.7. The first-order valence-electron chi connectivity index (χ1n) is 11.6. The van der Waals surface area contributed by atoms with Gasteiger partial charge in [0, 0.05) is 36.1 Å². The highest BCUT2D eigenvalue weighted by molar-refractivity contribution is 5.86. The Labute approximate surface area is 191 Å². The molecule has 7 nitrogen and oxygen atoms in total. The van der Waals surface area contributed by atoms with Crippen LogP contribution in [-0.2, 0) is 13.0 Å². The van der Waals surface area contributed by atoms with E-state index in [1.54, 1.807) is 16.2 Å². The van der Waals surface area contributed by atoms with Gasteiger partial charge in [0.15, 0.2) is 0 Å². The van der Waals surface area contributed by atoms with Crippen LogP contribution in [0.4, 0.5) is 0 Å². The van der Waals surface area contributed by atoms with Crippen molar-refractivity contribution in [2.24, 2.45) is 0 Å². The fourth-order valence-corrected chi connectivity index (χ4v) is 5.52. The molecule has 170 valence electrons. The van der Waals surface area contributed by atoms with Crippen LogP contribution in [-0.4, -0.2) is 50.9 Å².